The minimum atomic E-state index is 0.520. The first-order chi connectivity index (χ1) is 8.78. The largest absolute Gasteiger partial charge is 0.366 e. The molecule has 5 heteroatoms. The highest BCUT2D eigenvalue weighted by molar-refractivity contribution is 6.30. The van der Waals surface area contributed by atoms with Gasteiger partial charge in [-0.1, -0.05) is 23.7 Å². The van der Waals surface area contributed by atoms with Crippen LogP contribution in [0.1, 0.15) is 0 Å². The van der Waals surface area contributed by atoms with Crippen LogP contribution in [0.15, 0.2) is 49.2 Å². The zero-order chi connectivity index (χ0) is 12.8. The van der Waals surface area contributed by atoms with Crippen molar-refractivity contribution < 1.29 is 0 Å². The predicted octanol–water partition coefficient (Wildman–Crippen LogP) is 3.47. The van der Waals surface area contributed by atoms with E-state index < -0.39 is 0 Å². The van der Waals surface area contributed by atoms with E-state index in [1.165, 1.54) is 0 Å². The minimum Gasteiger partial charge on any atom is -0.366 e. The van der Waals surface area contributed by atoms with E-state index in [-0.39, 0.29) is 0 Å². The highest BCUT2D eigenvalue weighted by atomic mass is 35.5. The molecular formula is C13H13ClN4. The van der Waals surface area contributed by atoms with Gasteiger partial charge in [-0.3, -0.25) is 0 Å². The van der Waals surface area contributed by atoms with Gasteiger partial charge in [0.15, 0.2) is 0 Å². The van der Waals surface area contributed by atoms with Crippen molar-refractivity contribution in [2.24, 2.45) is 0 Å². The third-order valence-electron chi connectivity index (χ3n) is 2.16. The molecule has 0 radical (unpaired) electrons. The normalized spacial score (nSPS) is 9.83. The van der Waals surface area contributed by atoms with E-state index in [4.69, 9.17) is 11.6 Å². The molecule has 1 aromatic heterocycles. The second kappa shape index (κ2) is 6.02. The molecule has 0 amide bonds. The first-order valence-corrected chi connectivity index (χ1v) is 5.86. The van der Waals surface area contributed by atoms with Crippen LogP contribution in [0.25, 0.3) is 0 Å². The lowest BCUT2D eigenvalue weighted by Crippen LogP contribution is -2.03. The number of hydrogen-bond acceptors (Lipinski definition) is 4. The summed E-state index contributed by atoms with van der Waals surface area (Å²) in [7, 11) is 0. The standard InChI is InChI=1S/C13H13ClN4/c1-2-7-15-12-6-8-16-13(18-12)17-11-5-3-4-10(14)9-11/h2-6,8-9H,1,7H2,(H2,15,16,17,18). The number of aromatic nitrogens is 2. The highest BCUT2D eigenvalue weighted by Crippen LogP contribution is 2.18. The van der Waals surface area contributed by atoms with Crippen molar-refractivity contribution in [2.45, 2.75) is 0 Å². The molecule has 0 spiro atoms. The van der Waals surface area contributed by atoms with Crippen LogP contribution in [0.5, 0.6) is 0 Å². The summed E-state index contributed by atoms with van der Waals surface area (Å²) < 4.78 is 0. The van der Waals surface area contributed by atoms with Gasteiger partial charge in [-0.05, 0) is 24.3 Å². The summed E-state index contributed by atoms with van der Waals surface area (Å²) in [6, 6.07) is 9.20. The molecule has 1 aromatic carbocycles. The summed E-state index contributed by atoms with van der Waals surface area (Å²) in [5.41, 5.74) is 0.850. The maximum absolute atomic E-state index is 5.91. The Morgan fingerprint density at radius 1 is 1.33 bits per heavy atom. The van der Waals surface area contributed by atoms with Gasteiger partial charge >= 0.3 is 0 Å². The summed E-state index contributed by atoms with van der Waals surface area (Å²) in [5, 5.41) is 6.85. The van der Waals surface area contributed by atoms with Crippen molar-refractivity contribution in [2.75, 3.05) is 17.2 Å². The molecule has 92 valence electrons. The van der Waals surface area contributed by atoms with Crippen LogP contribution in [-0.2, 0) is 0 Å². The molecule has 2 N–H and O–H groups in total. The van der Waals surface area contributed by atoms with E-state index in [1.54, 1.807) is 18.3 Å². The van der Waals surface area contributed by atoms with Gasteiger partial charge in [0.2, 0.25) is 5.95 Å². The fourth-order valence-corrected chi connectivity index (χ4v) is 1.58. The number of halogens is 1. The van der Waals surface area contributed by atoms with Crippen LogP contribution in [0.4, 0.5) is 17.5 Å². The van der Waals surface area contributed by atoms with Gasteiger partial charge in [-0.25, -0.2) is 4.98 Å². The first-order valence-electron chi connectivity index (χ1n) is 5.48. The zero-order valence-electron chi connectivity index (χ0n) is 9.73. The van der Waals surface area contributed by atoms with Crippen molar-refractivity contribution in [3.05, 3.63) is 54.2 Å². The summed E-state index contributed by atoms with van der Waals surface area (Å²) in [5.74, 6) is 1.26. The average Bonchev–Trinajstić information content (AvgIpc) is 2.37. The minimum absolute atomic E-state index is 0.520. The summed E-state index contributed by atoms with van der Waals surface area (Å²) >= 11 is 5.91. The number of nitrogens with one attached hydrogen (secondary N) is 2. The fourth-order valence-electron chi connectivity index (χ4n) is 1.39. The molecule has 0 atom stereocenters. The number of anilines is 3. The van der Waals surface area contributed by atoms with E-state index in [1.807, 2.05) is 24.3 Å². The van der Waals surface area contributed by atoms with Crippen molar-refractivity contribution in [1.29, 1.82) is 0 Å². The molecule has 18 heavy (non-hydrogen) atoms. The molecule has 0 aliphatic heterocycles. The Bertz CT molecular complexity index is 542. The SMILES string of the molecule is C=CCNc1ccnc(Nc2cccc(Cl)c2)n1. The van der Waals surface area contributed by atoms with Crippen LogP contribution in [0, 0.1) is 0 Å². The average molecular weight is 261 g/mol. The number of nitrogens with zero attached hydrogens (tertiary/aromatic N) is 2. The lowest BCUT2D eigenvalue weighted by atomic mass is 10.3. The Balaban J connectivity index is 2.11. The molecule has 2 aromatic rings. The maximum Gasteiger partial charge on any atom is 0.229 e. The van der Waals surface area contributed by atoms with E-state index in [0.717, 1.165) is 11.5 Å². The van der Waals surface area contributed by atoms with Gasteiger partial charge in [0.1, 0.15) is 5.82 Å². The van der Waals surface area contributed by atoms with Crippen molar-refractivity contribution in [1.82, 2.24) is 9.97 Å². The van der Waals surface area contributed by atoms with E-state index in [2.05, 4.69) is 27.2 Å². The molecule has 4 nitrogen and oxygen atoms in total. The number of rotatable bonds is 5. The molecule has 0 saturated carbocycles. The number of hydrogen-bond donors (Lipinski definition) is 2. The summed E-state index contributed by atoms with van der Waals surface area (Å²) in [6.07, 6.45) is 3.46. The Morgan fingerprint density at radius 2 is 2.22 bits per heavy atom. The van der Waals surface area contributed by atoms with Crippen LogP contribution in [0.2, 0.25) is 5.02 Å². The summed E-state index contributed by atoms with van der Waals surface area (Å²) in [4.78, 5) is 8.45. The lowest BCUT2D eigenvalue weighted by Gasteiger charge is -2.07. The van der Waals surface area contributed by atoms with E-state index >= 15 is 0 Å². The van der Waals surface area contributed by atoms with E-state index in [9.17, 15) is 0 Å². The highest BCUT2D eigenvalue weighted by Gasteiger charge is 1.99. The Hall–Kier alpha value is -2.07. The van der Waals surface area contributed by atoms with Crippen LogP contribution < -0.4 is 10.6 Å². The van der Waals surface area contributed by atoms with Crippen LogP contribution in [-0.4, -0.2) is 16.5 Å². The Morgan fingerprint density at radius 3 is 3.00 bits per heavy atom. The molecule has 0 fully saturated rings. The third kappa shape index (κ3) is 3.46. The Kier molecular flexibility index (Phi) is 4.15. The van der Waals surface area contributed by atoms with Crippen LogP contribution >= 0.6 is 11.6 Å². The second-order valence-electron chi connectivity index (χ2n) is 3.57. The quantitative estimate of drug-likeness (QED) is 0.809. The first kappa shape index (κ1) is 12.4. The van der Waals surface area contributed by atoms with Crippen molar-refractivity contribution in [3.8, 4) is 0 Å². The third-order valence-corrected chi connectivity index (χ3v) is 2.40. The lowest BCUT2D eigenvalue weighted by molar-refractivity contribution is 1.14. The zero-order valence-corrected chi connectivity index (χ0v) is 10.5. The molecule has 0 saturated heterocycles. The van der Waals surface area contributed by atoms with E-state index in [0.29, 0.717) is 17.5 Å². The summed E-state index contributed by atoms with van der Waals surface area (Å²) in [6.45, 7) is 4.30. The van der Waals surface area contributed by atoms with Gasteiger partial charge in [0.25, 0.3) is 0 Å². The van der Waals surface area contributed by atoms with Gasteiger partial charge in [-0.15, -0.1) is 6.58 Å². The molecule has 2 rings (SSSR count). The predicted molar refractivity (Wildman–Crippen MR) is 75.5 cm³/mol. The van der Waals surface area contributed by atoms with Crippen molar-refractivity contribution >= 4 is 29.1 Å². The Labute approximate surface area is 111 Å². The van der Waals surface area contributed by atoms with Gasteiger partial charge in [0.05, 0.1) is 0 Å². The maximum atomic E-state index is 5.91. The molecular weight excluding hydrogens is 248 g/mol. The second-order valence-corrected chi connectivity index (χ2v) is 4.01. The van der Waals surface area contributed by atoms with Gasteiger partial charge in [-0.2, -0.15) is 4.98 Å². The van der Waals surface area contributed by atoms with Crippen LogP contribution in [0.3, 0.4) is 0 Å². The molecule has 0 bridgehead atoms. The van der Waals surface area contributed by atoms with Crippen molar-refractivity contribution in [3.63, 3.8) is 0 Å². The van der Waals surface area contributed by atoms with Gasteiger partial charge < -0.3 is 10.6 Å². The smallest absolute Gasteiger partial charge is 0.229 e. The monoisotopic (exact) mass is 260 g/mol. The van der Waals surface area contributed by atoms with Gasteiger partial charge in [0, 0.05) is 23.5 Å². The fraction of sp³-hybridized carbons (Fsp3) is 0.0769. The molecule has 0 unspecified atom stereocenters. The topological polar surface area (TPSA) is 49.8 Å². The number of benzene rings is 1. The molecule has 0 aliphatic rings. The molecule has 1 heterocycles. The molecule has 0 aliphatic carbocycles.